The molecule has 0 unspecified atom stereocenters. The summed E-state index contributed by atoms with van der Waals surface area (Å²) in [5, 5.41) is 5.06. The molecule has 156 valence electrons. The third kappa shape index (κ3) is 3.10. The van der Waals surface area contributed by atoms with Crippen molar-refractivity contribution in [3.8, 4) is 0 Å². The van der Waals surface area contributed by atoms with Crippen LogP contribution in [0.1, 0.15) is 20.7 Å². The molecule has 0 aliphatic carbocycles. The Morgan fingerprint density at radius 3 is 1.42 bits per heavy atom. The number of esters is 2. The van der Waals surface area contributed by atoms with Crippen LogP contribution >= 0.6 is 0 Å². The molecule has 5 heteroatoms. The first-order chi connectivity index (χ1) is 16.2. The molecule has 0 amide bonds. The number of pyridine rings is 2. The Balaban J connectivity index is 1.41. The monoisotopic (exact) mass is 428 g/mol. The number of aromatic nitrogens is 2. The van der Waals surface area contributed by atoms with E-state index >= 15 is 0 Å². The van der Waals surface area contributed by atoms with Gasteiger partial charge in [-0.1, -0.05) is 48.5 Å². The van der Waals surface area contributed by atoms with E-state index in [0.29, 0.717) is 21.9 Å². The van der Waals surface area contributed by atoms with Crippen LogP contribution in [0.3, 0.4) is 0 Å². The summed E-state index contributed by atoms with van der Waals surface area (Å²) in [5.74, 6) is -1.37. The predicted molar refractivity (Wildman–Crippen MR) is 128 cm³/mol. The molecule has 5 nitrogen and oxygen atoms in total. The van der Waals surface area contributed by atoms with Crippen LogP contribution in [0.2, 0.25) is 0 Å². The molecule has 6 aromatic rings. The molecule has 0 fully saturated rings. The van der Waals surface area contributed by atoms with E-state index in [1.807, 2.05) is 60.7 Å². The summed E-state index contributed by atoms with van der Waals surface area (Å²) < 4.78 is 5.35. The normalized spacial score (nSPS) is 11.3. The highest BCUT2D eigenvalue weighted by Gasteiger charge is 2.20. The summed E-state index contributed by atoms with van der Waals surface area (Å²) in [6.07, 6.45) is 3.46. The number of fused-ring (bicyclic) bond motifs is 6. The Labute approximate surface area is 188 Å². The lowest BCUT2D eigenvalue weighted by molar-refractivity contribution is 0.0400. The number of ether oxygens (including phenoxy) is 1. The van der Waals surface area contributed by atoms with Gasteiger partial charge in [0.2, 0.25) is 0 Å². The van der Waals surface area contributed by atoms with Crippen LogP contribution in [0.5, 0.6) is 0 Å². The molecule has 0 aliphatic rings. The van der Waals surface area contributed by atoms with Crippen molar-refractivity contribution >= 4 is 55.3 Å². The average molecular weight is 428 g/mol. The first-order valence-electron chi connectivity index (χ1n) is 10.5. The Kier molecular flexibility index (Phi) is 4.33. The van der Waals surface area contributed by atoms with Crippen molar-refractivity contribution in [3.05, 3.63) is 108 Å². The summed E-state index contributed by atoms with van der Waals surface area (Å²) in [5.41, 5.74) is 2.34. The highest BCUT2D eigenvalue weighted by atomic mass is 16.6. The van der Waals surface area contributed by atoms with Crippen molar-refractivity contribution in [1.82, 2.24) is 9.97 Å². The second-order valence-electron chi connectivity index (χ2n) is 7.75. The van der Waals surface area contributed by atoms with Crippen LogP contribution in [0.4, 0.5) is 0 Å². The summed E-state index contributed by atoms with van der Waals surface area (Å²) in [7, 11) is 0. The van der Waals surface area contributed by atoms with Gasteiger partial charge >= 0.3 is 11.9 Å². The van der Waals surface area contributed by atoms with E-state index < -0.39 is 11.9 Å². The van der Waals surface area contributed by atoms with E-state index in [1.54, 1.807) is 36.7 Å². The minimum absolute atomic E-state index is 0.335. The van der Waals surface area contributed by atoms with Gasteiger partial charge in [0.15, 0.2) is 0 Å². The van der Waals surface area contributed by atoms with Gasteiger partial charge in [-0.05, 0) is 57.9 Å². The zero-order chi connectivity index (χ0) is 22.4. The Hall–Kier alpha value is -4.64. The van der Waals surface area contributed by atoms with Crippen LogP contribution in [-0.4, -0.2) is 21.9 Å². The van der Waals surface area contributed by atoms with E-state index in [9.17, 15) is 9.59 Å². The maximum absolute atomic E-state index is 13.1. The van der Waals surface area contributed by atoms with Crippen LogP contribution in [0.25, 0.3) is 43.4 Å². The molecule has 33 heavy (non-hydrogen) atoms. The smallest absolute Gasteiger partial charge is 0.346 e. The number of benzene rings is 4. The molecule has 6 rings (SSSR count). The number of hydrogen-bond donors (Lipinski definition) is 0. The van der Waals surface area contributed by atoms with Gasteiger partial charge in [-0.2, -0.15) is 0 Å². The van der Waals surface area contributed by atoms with Crippen LogP contribution < -0.4 is 0 Å². The van der Waals surface area contributed by atoms with E-state index in [-0.39, 0.29) is 0 Å². The van der Waals surface area contributed by atoms with Crippen LogP contribution in [0.15, 0.2) is 97.3 Å². The van der Waals surface area contributed by atoms with Gasteiger partial charge < -0.3 is 4.74 Å². The second kappa shape index (κ2) is 7.50. The zero-order valence-electron chi connectivity index (χ0n) is 17.4. The number of hydrogen-bond acceptors (Lipinski definition) is 5. The summed E-state index contributed by atoms with van der Waals surface area (Å²) in [4.78, 5) is 34.9. The lowest BCUT2D eigenvalue weighted by Gasteiger charge is -2.10. The van der Waals surface area contributed by atoms with E-state index in [1.165, 1.54) is 0 Å². The van der Waals surface area contributed by atoms with Gasteiger partial charge in [0.25, 0.3) is 0 Å². The first kappa shape index (κ1) is 19.1. The van der Waals surface area contributed by atoms with Gasteiger partial charge in [-0.15, -0.1) is 0 Å². The van der Waals surface area contributed by atoms with Gasteiger partial charge in [-0.25, -0.2) is 9.59 Å². The van der Waals surface area contributed by atoms with Crippen molar-refractivity contribution in [2.45, 2.75) is 0 Å². The SMILES string of the molecule is O=C(OC(=O)c1cccc2c1ccc1ncccc12)c1cccc2c1ccc1ncccc12. The summed E-state index contributed by atoms with van der Waals surface area (Å²) in [6, 6.07) is 25.8. The van der Waals surface area contributed by atoms with Crippen molar-refractivity contribution in [2.75, 3.05) is 0 Å². The average Bonchev–Trinajstić information content (AvgIpc) is 2.87. The van der Waals surface area contributed by atoms with Gasteiger partial charge in [0.05, 0.1) is 22.2 Å². The highest BCUT2D eigenvalue weighted by Crippen LogP contribution is 2.29. The van der Waals surface area contributed by atoms with E-state index in [4.69, 9.17) is 4.74 Å². The van der Waals surface area contributed by atoms with Gasteiger partial charge in [0.1, 0.15) is 0 Å². The molecule has 0 spiro atoms. The number of carbonyl (C=O) groups excluding carboxylic acids is 2. The van der Waals surface area contributed by atoms with E-state index in [2.05, 4.69) is 9.97 Å². The third-order valence-corrected chi connectivity index (χ3v) is 5.91. The fourth-order valence-corrected chi connectivity index (χ4v) is 4.39. The van der Waals surface area contributed by atoms with Gasteiger partial charge in [0, 0.05) is 23.2 Å². The molecule has 0 saturated heterocycles. The third-order valence-electron chi connectivity index (χ3n) is 5.91. The maximum Gasteiger partial charge on any atom is 0.346 e. The molecule has 0 saturated carbocycles. The molecular weight excluding hydrogens is 412 g/mol. The fourth-order valence-electron chi connectivity index (χ4n) is 4.39. The number of nitrogens with zero attached hydrogens (tertiary/aromatic N) is 2. The molecule has 4 aromatic carbocycles. The van der Waals surface area contributed by atoms with Crippen molar-refractivity contribution in [1.29, 1.82) is 0 Å². The Morgan fingerprint density at radius 2 is 0.939 bits per heavy atom. The van der Waals surface area contributed by atoms with Crippen molar-refractivity contribution in [2.24, 2.45) is 0 Å². The molecular formula is C28H16N2O3. The predicted octanol–water partition coefficient (Wildman–Crippen LogP) is 6.09. The van der Waals surface area contributed by atoms with Crippen molar-refractivity contribution < 1.29 is 14.3 Å². The first-order valence-corrected chi connectivity index (χ1v) is 10.5. The highest BCUT2D eigenvalue weighted by molar-refractivity contribution is 6.18. The zero-order valence-corrected chi connectivity index (χ0v) is 17.4. The van der Waals surface area contributed by atoms with Crippen molar-refractivity contribution in [3.63, 3.8) is 0 Å². The van der Waals surface area contributed by atoms with Gasteiger partial charge in [-0.3, -0.25) is 9.97 Å². The summed E-state index contributed by atoms with van der Waals surface area (Å²) >= 11 is 0. The molecule has 2 heterocycles. The second-order valence-corrected chi connectivity index (χ2v) is 7.75. The lowest BCUT2D eigenvalue weighted by atomic mass is 10.00. The molecule has 0 radical (unpaired) electrons. The maximum atomic E-state index is 13.1. The largest absolute Gasteiger partial charge is 0.386 e. The molecule has 0 aliphatic heterocycles. The Morgan fingerprint density at radius 1 is 0.485 bits per heavy atom. The number of carbonyl (C=O) groups is 2. The molecule has 2 aromatic heterocycles. The van der Waals surface area contributed by atoms with E-state index in [0.717, 1.165) is 32.6 Å². The Bertz CT molecular complexity index is 1610. The van der Waals surface area contributed by atoms with Crippen LogP contribution in [-0.2, 0) is 4.74 Å². The lowest BCUT2D eigenvalue weighted by Crippen LogP contribution is -2.13. The summed E-state index contributed by atoms with van der Waals surface area (Å²) in [6.45, 7) is 0. The van der Waals surface area contributed by atoms with Crippen LogP contribution in [0, 0.1) is 0 Å². The minimum Gasteiger partial charge on any atom is -0.386 e. The minimum atomic E-state index is -0.687. The molecule has 0 bridgehead atoms. The fraction of sp³-hybridized carbons (Fsp3) is 0. The quantitative estimate of drug-likeness (QED) is 0.190. The molecule has 0 N–H and O–H groups in total. The topological polar surface area (TPSA) is 69.2 Å². The standard InChI is InChI=1S/C28H16N2O3/c31-27(23-7-1-5-17-19(23)11-13-25-21(17)9-3-15-29-25)33-28(32)24-8-2-6-18-20(24)12-14-26-22(18)10-4-16-30-26/h1-16H. The number of rotatable bonds is 2. The molecule has 0 atom stereocenters.